The monoisotopic (exact) mass is 139 g/mol. The Morgan fingerprint density at radius 1 is 1.40 bits per heavy atom. The van der Waals surface area contributed by atoms with Crippen LogP contribution in [0.5, 0.6) is 0 Å². The van der Waals surface area contributed by atoms with Gasteiger partial charge in [0.2, 0.25) is 0 Å². The van der Waals surface area contributed by atoms with E-state index in [2.05, 4.69) is 18.8 Å². The highest BCUT2D eigenvalue weighted by molar-refractivity contribution is 5.09. The topological polar surface area (TPSA) is 19.9 Å². The van der Waals surface area contributed by atoms with Crippen LogP contribution in [-0.4, -0.2) is 5.60 Å². The number of hydrogen-bond donors (Lipinski definition) is 0. The quantitative estimate of drug-likeness (QED) is 0.413. The minimum absolute atomic E-state index is 0.863. The summed E-state index contributed by atoms with van der Waals surface area (Å²) in [6, 6.07) is 0. The summed E-state index contributed by atoms with van der Waals surface area (Å²) in [5.41, 5.74) is -1.06. The van der Waals surface area contributed by atoms with Crippen LogP contribution >= 0.6 is 0 Å². The van der Waals surface area contributed by atoms with E-state index >= 15 is 0 Å². The fraction of sp³-hybridized carbons (Fsp3) is 0.778. The van der Waals surface area contributed by atoms with Crippen LogP contribution in [0.3, 0.4) is 0 Å². The highest BCUT2D eigenvalue weighted by Crippen LogP contribution is 1.99. The van der Waals surface area contributed by atoms with Crippen LogP contribution in [0.25, 0.3) is 0 Å². The summed E-state index contributed by atoms with van der Waals surface area (Å²) in [4.78, 5) is 0. The van der Waals surface area contributed by atoms with Crippen LogP contribution in [0.2, 0.25) is 0 Å². The third-order valence-electron chi connectivity index (χ3n) is 1.04. The predicted molar refractivity (Wildman–Crippen MR) is 42.1 cm³/mol. The van der Waals surface area contributed by atoms with Gasteiger partial charge in [0.05, 0.1) is 0 Å². The highest BCUT2D eigenvalue weighted by atomic mass is 16.3. The molecular formula is C9H15O. The van der Waals surface area contributed by atoms with Crippen molar-refractivity contribution in [1.82, 2.24) is 0 Å². The molecule has 0 aliphatic heterocycles. The number of rotatable bonds is 2. The molecule has 0 atom stereocenters. The van der Waals surface area contributed by atoms with Crippen molar-refractivity contribution in [2.45, 2.75) is 45.6 Å². The Bertz CT molecular complexity index is 131. The molecule has 0 rings (SSSR count). The summed E-state index contributed by atoms with van der Waals surface area (Å²) in [6.45, 7) is 5.29. The Hall–Kier alpha value is -0.480. The van der Waals surface area contributed by atoms with Gasteiger partial charge in [-0.1, -0.05) is 19.3 Å². The lowest BCUT2D eigenvalue weighted by molar-refractivity contribution is 0.0580. The van der Waals surface area contributed by atoms with Crippen LogP contribution < -0.4 is 0 Å². The molecule has 0 aliphatic rings. The molecule has 0 N–H and O–H groups in total. The first kappa shape index (κ1) is 9.52. The van der Waals surface area contributed by atoms with Crippen molar-refractivity contribution >= 4 is 0 Å². The van der Waals surface area contributed by atoms with Gasteiger partial charge in [-0.25, -0.2) is 5.11 Å². The molecule has 0 saturated heterocycles. The minimum atomic E-state index is -1.06. The fourth-order valence-corrected chi connectivity index (χ4v) is 0.541. The average molecular weight is 139 g/mol. The first-order valence-electron chi connectivity index (χ1n) is 3.76. The molecule has 0 fully saturated rings. The maximum atomic E-state index is 10.9. The van der Waals surface area contributed by atoms with Gasteiger partial charge in [0, 0.05) is 6.42 Å². The maximum Gasteiger partial charge on any atom is 0.158 e. The first-order chi connectivity index (χ1) is 4.56. The van der Waals surface area contributed by atoms with E-state index < -0.39 is 5.60 Å². The second kappa shape index (κ2) is 4.35. The fourth-order valence-electron chi connectivity index (χ4n) is 0.541. The molecule has 0 bridgehead atoms. The van der Waals surface area contributed by atoms with Crippen LogP contribution in [0.15, 0.2) is 0 Å². The summed E-state index contributed by atoms with van der Waals surface area (Å²) in [7, 11) is 0. The van der Waals surface area contributed by atoms with Crippen molar-refractivity contribution in [2.24, 2.45) is 0 Å². The third-order valence-corrected chi connectivity index (χ3v) is 1.04. The van der Waals surface area contributed by atoms with Crippen molar-refractivity contribution in [3.63, 3.8) is 0 Å². The lowest BCUT2D eigenvalue weighted by Gasteiger charge is -2.01. The van der Waals surface area contributed by atoms with Gasteiger partial charge in [-0.15, -0.1) is 5.92 Å². The Labute approximate surface area is 63.5 Å². The molecular weight excluding hydrogens is 124 g/mol. The van der Waals surface area contributed by atoms with Crippen LogP contribution in [0, 0.1) is 11.8 Å². The Kier molecular flexibility index (Phi) is 4.14. The lowest BCUT2D eigenvalue weighted by Crippen LogP contribution is -2.12. The molecule has 57 valence electrons. The van der Waals surface area contributed by atoms with E-state index in [9.17, 15) is 5.11 Å². The zero-order valence-corrected chi connectivity index (χ0v) is 7.03. The molecule has 0 aromatic rings. The van der Waals surface area contributed by atoms with Crippen molar-refractivity contribution in [2.75, 3.05) is 0 Å². The number of hydrogen-bond acceptors (Lipinski definition) is 0. The van der Waals surface area contributed by atoms with Crippen molar-refractivity contribution in [3.8, 4) is 11.8 Å². The van der Waals surface area contributed by atoms with Crippen LogP contribution in [0.4, 0.5) is 0 Å². The second-order valence-electron chi connectivity index (χ2n) is 2.92. The zero-order chi connectivity index (χ0) is 8.04. The van der Waals surface area contributed by atoms with Gasteiger partial charge in [0.1, 0.15) is 0 Å². The van der Waals surface area contributed by atoms with Crippen molar-refractivity contribution in [1.29, 1.82) is 0 Å². The summed E-state index contributed by atoms with van der Waals surface area (Å²) >= 11 is 0. The minimum Gasteiger partial charge on any atom is -0.216 e. The van der Waals surface area contributed by atoms with Crippen molar-refractivity contribution < 1.29 is 5.11 Å². The standard InChI is InChI=1S/C9H15O/c1-4-5-6-7-8-9(2,3)10/h4-6H2,1-3H3. The summed E-state index contributed by atoms with van der Waals surface area (Å²) in [5, 5.41) is 10.9. The van der Waals surface area contributed by atoms with Crippen LogP contribution in [-0.2, 0) is 5.11 Å². The lowest BCUT2D eigenvalue weighted by atomic mass is 10.1. The molecule has 0 amide bonds. The predicted octanol–water partition coefficient (Wildman–Crippen LogP) is 2.39. The number of unbranched alkanes of at least 4 members (excludes halogenated alkanes) is 2. The Balaban J connectivity index is 3.50. The van der Waals surface area contributed by atoms with Gasteiger partial charge in [-0.2, -0.15) is 0 Å². The zero-order valence-electron chi connectivity index (χ0n) is 7.03. The summed E-state index contributed by atoms with van der Waals surface area (Å²) in [6.07, 6.45) is 3.11. The molecule has 0 aromatic heterocycles. The van der Waals surface area contributed by atoms with E-state index in [1.165, 1.54) is 0 Å². The average Bonchev–Trinajstić information content (AvgIpc) is 1.78. The van der Waals surface area contributed by atoms with Gasteiger partial charge < -0.3 is 0 Å². The Morgan fingerprint density at radius 2 is 2.00 bits per heavy atom. The molecule has 10 heavy (non-hydrogen) atoms. The van der Waals surface area contributed by atoms with E-state index in [0.717, 1.165) is 19.3 Å². The first-order valence-corrected chi connectivity index (χ1v) is 3.76. The summed E-state index contributed by atoms with van der Waals surface area (Å²) < 4.78 is 0. The summed E-state index contributed by atoms with van der Waals surface area (Å²) in [5.74, 6) is 5.51. The van der Waals surface area contributed by atoms with E-state index in [1.807, 2.05) is 0 Å². The maximum absolute atomic E-state index is 10.9. The molecule has 0 unspecified atom stereocenters. The van der Waals surface area contributed by atoms with E-state index in [1.54, 1.807) is 13.8 Å². The molecule has 1 radical (unpaired) electrons. The van der Waals surface area contributed by atoms with E-state index in [-0.39, 0.29) is 0 Å². The highest BCUT2D eigenvalue weighted by Gasteiger charge is 2.08. The molecule has 0 aromatic carbocycles. The molecule has 1 heteroatoms. The van der Waals surface area contributed by atoms with Gasteiger partial charge in [-0.05, 0) is 20.3 Å². The molecule has 1 nitrogen and oxygen atoms in total. The van der Waals surface area contributed by atoms with E-state index in [4.69, 9.17) is 0 Å². The molecule has 0 saturated carbocycles. The normalized spacial score (nSPS) is 10.4. The SMILES string of the molecule is CCCCC#CC(C)(C)[O]. The van der Waals surface area contributed by atoms with Gasteiger partial charge in [0.25, 0.3) is 0 Å². The molecule has 0 spiro atoms. The molecule has 0 aliphatic carbocycles. The van der Waals surface area contributed by atoms with Gasteiger partial charge in [-0.3, -0.25) is 0 Å². The van der Waals surface area contributed by atoms with E-state index in [0.29, 0.717) is 0 Å². The van der Waals surface area contributed by atoms with Gasteiger partial charge >= 0.3 is 0 Å². The van der Waals surface area contributed by atoms with Gasteiger partial charge in [0.15, 0.2) is 5.60 Å². The largest absolute Gasteiger partial charge is 0.216 e. The smallest absolute Gasteiger partial charge is 0.158 e. The van der Waals surface area contributed by atoms with Crippen LogP contribution in [0.1, 0.15) is 40.0 Å². The third kappa shape index (κ3) is 7.52. The Morgan fingerprint density at radius 3 is 2.40 bits per heavy atom. The van der Waals surface area contributed by atoms with Crippen molar-refractivity contribution in [3.05, 3.63) is 0 Å². The molecule has 0 heterocycles. The second-order valence-corrected chi connectivity index (χ2v) is 2.92.